The summed E-state index contributed by atoms with van der Waals surface area (Å²) in [5, 5.41) is 13.5. The average molecular weight is 253 g/mol. The third-order valence-electron chi connectivity index (χ3n) is 2.11. The Kier molecular flexibility index (Phi) is 5.59. The molecule has 0 heterocycles. The highest BCUT2D eigenvalue weighted by Gasteiger charge is 2.12. The molecule has 1 radical (unpaired) electrons. The molecule has 1 rings (SSSR count). The molecule has 97 valence electrons. The molecule has 0 fully saturated rings. The zero-order valence-corrected chi connectivity index (χ0v) is 10.0. The van der Waals surface area contributed by atoms with Gasteiger partial charge in [-0.25, -0.2) is 0 Å². The van der Waals surface area contributed by atoms with Crippen LogP contribution in [0.3, 0.4) is 0 Å². The van der Waals surface area contributed by atoms with E-state index in [0.29, 0.717) is 19.5 Å². The summed E-state index contributed by atoms with van der Waals surface area (Å²) in [5.41, 5.74) is 3.33. The van der Waals surface area contributed by atoms with Crippen LogP contribution in [0.5, 0.6) is 0 Å². The number of nitro groups is 1. The molecule has 0 bridgehead atoms. The van der Waals surface area contributed by atoms with Crippen molar-refractivity contribution in [3.05, 3.63) is 34.4 Å². The van der Waals surface area contributed by atoms with E-state index in [4.69, 9.17) is 0 Å². The van der Waals surface area contributed by atoms with Crippen molar-refractivity contribution in [2.75, 3.05) is 18.4 Å². The fourth-order valence-corrected chi connectivity index (χ4v) is 1.16. The maximum absolute atomic E-state index is 10.8. The highest BCUT2D eigenvalue weighted by Crippen LogP contribution is 2.14. The second kappa shape index (κ2) is 7.23. The molecule has 0 aliphatic rings. The number of nitrogens with one attached hydrogen (secondary N) is 2. The van der Waals surface area contributed by atoms with E-state index in [-0.39, 0.29) is 11.7 Å². The molecule has 0 unspecified atom stereocenters. The number of rotatable bonds is 7. The zero-order valence-electron chi connectivity index (χ0n) is 10.0. The third-order valence-corrected chi connectivity index (χ3v) is 2.11. The first-order valence-corrected chi connectivity index (χ1v) is 5.54. The van der Waals surface area contributed by atoms with Gasteiger partial charge in [-0.3, -0.25) is 10.1 Å². The van der Waals surface area contributed by atoms with Gasteiger partial charge in [0, 0.05) is 24.4 Å². The van der Waals surface area contributed by atoms with E-state index < -0.39 is 4.92 Å². The fourth-order valence-electron chi connectivity index (χ4n) is 1.16. The summed E-state index contributed by atoms with van der Waals surface area (Å²) in [4.78, 5) is 25.4. The van der Waals surface area contributed by atoms with Crippen LogP contribution in [-0.2, 0) is 9.63 Å². The van der Waals surface area contributed by atoms with Crippen LogP contribution in [0.2, 0.25) is 0 Å². The topological polar surface area (TPSA) is 96.3 Å². The lowest BCUT2D eigenvalue weighted by Crippen LogP contribution is -2.25. The number of nitro benzene ring substituents is 1. The molecule has 0 saturated heterocycles. The molecule has 1 aromatic carbocycles. The molecule has 18 heavy (non-hydrogen) atoms. The Labute approximate surface area is 104 Å². The van der Waals surface area contributed by atoms with Gasteiger partial charge in [-0.2, -0.15) is 4.84 Å². The molecule has 2 N–H and O–H groups in total. The van der Waals surface area contributed by atoms with Crippen LogP contribution in [0, 0.1) is 10.1 Å². The first-order chi connectivity index (χ1) is 8.63. The minimum Gasteiger partial charge on any atom is -0.384 e. The van der Waals surface area contributed by atoms with Gasteiger partial charge in [0.25, 0.3) is 5.69 Å². The highest BCUT2D eigenvalue weighted by atomic mass is 16.7. The monoisotopic (exact) mass is 253 g/mol. The fraction of sp³-hybridized carbons (Fsp3) is 0.364. The van der Waals surface area contributed by atoms with Crippen LogP contribution < -0.4 is 10.8 Å². The van der Waals surface area contributed by atoms with E-state index in [1.54, 1.807) is 19.1 Å². The smallest absolute Gasteiger partial charge is 0.384 e. The summed E-state index contributed by atoms with van der Waals surface area (Å²) in [6.45, 7) is 2.69. The molecule has 0 aliphatic heterocycles. The Hall–Kier alpha value is -2.15. The summed E-state index contributed by atoms with van der Waals surface area (Å²) in [5.74, 6) is -0.315. The van der Waals surface area contributed by atoms with Gasteiger partial charge in [0.05, 0.1) is 16.3 Å². The zero-order chi connectivity index (χ0) is 13.4. The molecule has 0 amide bonds. The van der Waals surface area contributed by atoms with Crippen molar-refractivity contribution in [3.8, 4) is 0 Å². The maximum Gasteiger partial charge on any atom is 0.597 e. The van der Waals surface area contributed by atoms with Crippen molar-refractivity contribution in [1.29, 1.82) is 0 Å². The van der Waals surface area contributed by atoms with Gasteiger partial charge in [0.2, 0.25) is 0 Å². The number of nitrogens with zero attached hydrogens (tertiary/aromatic N) is 1. The number of anilines is 1. The Morgan fingerprint density at radius 3 is 2.61 bits per heavy atom. The lowest BCUT2D eigenvalue weighted by Gasteiger charge is -2.04. The van der Waals surface area contributed by atoms with E-state index in [9.17, 15) is 14.9 Å². The predicted molar refractivity (Wildman–Crippen MR) is 66.0 cm³/mol. The molecule has 0 aromatic heterocycles. The second-order valence-corrected chi connectivity index (χ2v) is 3.45. The van der Waals surface area contributed by atoms with Gasteiger partial charge >= 0.3 is 5.97 Å². The molecule has 0 spiro atoms. The van der Waals surface area contributed by atoms with E-state index in [1.165, 1.54) is 12.1 Å². The van der Waals surface area contributed by atoms with Gasteiger partial charge in [-0.1, -0.05) is 0 Å². The van der Waals surface area contributed by atoms with Crippen molar-refractivity contribution >= 4 is 17.3 Å². The van der Waals surface area contributed by atoms with Gasteiger partial charge in [0.1, 0.15) is 6.42 Å². The number of non-ortho nitro benzene ring substituents is 1. The van der Waals surface area contributed by atoms with Crippen LogP contribution in [0.4, 0.5) is 11.4 Å². The van der Waals surface area contributed by atoms with Crippen LogP contribution in [0.15, 0.2) is 24.3 Å². The van der Waals surface area contributed by atoms with E-state index in [0.717, 1.165) is 5.69 Å². The molecule has 0 atom stereocenters. The van der Waals surface area contributed by atoms with Gasteiger partial charge in [-0.15, -0.1) is 0 Å². The first kappa shape index (κ1) is 13.9. The van der Waals surface area contributed by atoms with Gasteiger partial charge < -0.3 is 5.32 Å². The van der Waals surface area contributed by atoms with E-state index in [2.05, 4.69) is 15.6 Å². The highest BCUT2D eigenvalue weighted by molar-refractivity contribution is 5.68. The summed E-state index contributed by atoms with van der Waals surface area (Å²) in [6, 6.07) is 6.09. The number of carbonyl (C=O) groups is 1. The number of carbonyl (C=O) groups excluding carboxylic acids is 1. The number of benzene rings is 1. The summed E-state index contributed by atoms with van der Waals surface area (Å²) in [6.07, 6.45) is 0.322. The average Bonchev–Trinajstić information content (AvgIpc) is 2.38. The minimum absolute atomic E-state index is 0.0514. The number of hydroxylamine groups is 1. The SMILES string of the molecule is CCC(=[O+])ONCCNc1ccc([N+](=O)[O-])cc1. The van der Waals surface area contributed by atoms with Gasteiger partial charge in [-0.05, 0) is 24.5 Å². The van der Waals surface area contributed by atoms with Crippen LogP contribution in [-0.4, -0.2) is 24.0 Å². The van der Waals surface area contributed by atoms with Crippen molar-refractivity contribution in [2.45, 2.75) is 13.3 Å². The van der Waals surface area contributed by atoms with Gasteiger partial charge in [0.15, 0.2) is 0 Å². The van der Waals surface area contributed by atoms with Crippen LogP contribution in [0.1, 0.15) is 13.3 Å². The molecule has 7 nitrogen and oxygen atoms in total. The van der Waals surface area contributed by atoms with Crippen molar-refractivity contribution in [2.24, 2.45) is 0 Å². The Morgan fingerprint density at radius 2 is 2.06 bits per heavy atom. The lowest BCUT2D eigenvalue weighted by molar-refractivity contribution is -0.384. The molecular formula is C11H15N3O4+. The first-order valence-electron chi connectivity index (χ1n) is 5.54. The molecule has 0 aliphatic carbocycles. The Bertz CT molecular complexity index is 405. The van der Waals surface area contributed by atoms with E-state index in [1.807, 2.05) is 0 Å². The largest absolute Gasteiger partial charge is 0.597 e. The second-order valence-electron chi connectivity index (χ2n) is 3.45. The van der Waals surface area contributed by atoms with Crippen molar-refractivity contribution < 1.29 is 14.6 Å². The maximum atomic E-state index is 10.8. The summed E-state index contributed by atoms with van der Waals surface area (Å²) < 4.78 is 0. The minimum atomic E-state index is -0.449. The normalized spacial score (nSPS) is 9.83. The quantitative estimate of drug-likeness (QED) is 0.330. The Balaban J connectivity index is 2.23. The summed E-state index contributed by atoms with van der Waals surface area (Å²) in [7, 11) is 0. The third kappa shape index (κ3) is 4.79. The molecule has 0 saturated carbocycles. The number of hydrogen-bond acceptors (Lipinski definition) is 6. The van der Waals surface area contributed by atoms with Crippen LogP contribution in [0.25, 0.3) is 0 Å². The standard InChI is InChI=1S/C11H15N3O4/c1-2-11(15)18-13-8-7-12-9-3-5-10(6-4-9)14(16)17/h3-6,12-13H,2,7-8H2,1H3/q+1. The van der Waals surface area contributed by atoms with Crippen molar-refractivity contribution in [1.82, 2.24) is 5.48 Å². The van der Waals surface area contributed by atoms with Crippen molar-refractivity contribution in [3.63, 3.8) is 0 Å². The Morgan fingerprint density at radius 1 is 1.39 bits per heavy atom. The summed E-state index contributed by atoms with van der Waals surface area (Å²) >= 11 is 0. The van der Waals surface area contributed by atoms with Crippen LogP contribution >= 0.6 is 0 Å². The van der Waals surface area contributed by atoms with E-state index >= 15 is 0 Å². The molecular weight excluding hydrogens is 238 g/mol. The number of hydrogen-bond donors (Lipinski definition) is 2. The molecule has 7 heteroatoms. The lowest BCUT2D eigenvalue weighted by atomic mass is 10.3. The predicted octanol–water partition coefficient (Wildman–Crippen LogP) is 1.46. The molecule has 1 aromatic rings.